The van der Waals surface area contributed by atoms with Gasteiger partial charge in [0.2, 0.25) is 0 Å². The quantitative estimate of drug-likeness (QED) is 0.146. The van der Waals surface area contributed by atoms with Crippen LogP contribution in [0.3, 0.4) is 0 Å². The molecule has 7 aromatic rings. The third-order valence-corrected chi connectivity index (χ3v) is 14.5. The second-order valence-electron chi connectivity index (χ2n) is 18.5. The highest BCUT2D eigenvalue weighted by Gasteiger charge is 2.36. The molecule has 1 heterocycles. The summed E-state index contributed by atoms with van der Waals surface area (Å²) in [5.74, 6) is 2.11. The molecule has 2 nitrogen and oxygen atoms in total. The average molecular weight is 827 g/mol. The van der Waals surface area contributed by atoms with Gasteiger partial charge >= 0.3 is 0 Å². The number of para-hydroxylation sites is 2. The van der Waals surface area contributed by atoms with Crippen molar-refractivity contribution in [3.8, 4) is 0 Å². The summed E-state index contributed by atoms with van der Waals surface area (Å²) in [6.07, 6.45) is 32.1. The first-order valence-corrected chi connectivity index (χ1v) is 23.2. The summed E-state index contributed by atoms with van der Waals surface area (Å²) in [5, 5.41) is 5.19. The van der Waals surface area contributed by atoms with Gasteiger partial charge in [-0.1, -0.05) is 210 Å². The molecule has 64 heavy (non-hydrogen) atoms. The molecule has 0 spiro atoms. The summed E-state index contributed by atoms with van der Waals surface area (Å²) in [7, 11) is 0. The Balaban J connectivity index is 1.15. The van der Waals surface area contributed by atoms with Crippen LogP contribution in [-0.2, 0) is 5.41 Å². The van der Waals surface area contributed by atoms with Crippen LogP contribution in [0.5, 0.6) is 0 Å². The third kappa shape index (κ3) is 6.67. The summed E-state index contributed by atoms with van der Waals surface area (Å²) < 4.78 is 2.40. The standard InChI is InChI=1S/C62H54N2/c1-41-33-34-45(61-63-55-30-14-16-32-57(55)64(61)56-31-15-11-20-42(56)2)35-37-48(41)46-36-38-51-53(40-46)60(54-29-17-18-39-62(54,4)47-24-9-6-10-25-47)50-27-13-12-26-49(50)59(51)52-28-19-21-43(3)58(52)44-22-7-5-8-23-44/h5-19,21-38,40-43,58H,20,39H2,1-4H3/t41?,42?,43-,58?,62?/m1/s1. The zero-order chi connectivity index (χ0) is 43.4. The fourth-order valence-corrected chi connectivity index (χ4v) is 11.1. The molecular formula is C62H54N2. The van der Waals surface area contributed by atoms with Crippen LogP contribution in [-0.4, -0.2) is 9.55 Å². The van der Waals surface area contributed by atoms with E-state index in [1.165, 1.54) is 71.8 Å². The molecule has 0 bridgehead atoms. The van der Waals surface area contributed by atoms with Crippen molar-refractivity contribution in [3.63, 3.8) is 0 Å². The normalized spacial score (nSPS) is 23.2. The van der Waals surface area contributed by atoms with E-state index in [2.05, 4.69) is 239 Å². The fraction of sp³-hybridized carbons (Fsp3) is 0.177. The molecule has 0 radical (unpaired) electrons. The van der Waals surface area contributed by atoms with Crippen LogP contribution in [0.4, 0.5) is 0 Å². The molecule has 0 saturated carbocycles. The van der Waals surface area contributed by atoms with Gasteiger partial charge in [-0.15, -0.1) is 0 Å². The number of fused-ring (bicyclic) bond motifs is 3. The molecule has 5 atom stereocenters. The Morgan fingerprint density at radius 1 is 0.609 bits per heavy atom. The molecule has 0 N–H and O–H groups in total. The molecule has 0 saturated heterocycles. The molecule has 0 aliphatic heterocycles. The predicted molar refractivity (Wildman–Crippen MR) is 274 cm³/mol. The Morgan fingerprint density at radius 2 is 1.33 bits per heavy atom. The minimum absolute atomic E-state index is 0.170. The minimum Gasteiger partial charge on any atom is -0.296 e. The summed E-state index contributed by atoms with van der Waals surface area (Å²) in [6.45, 7) is 9.47. The number of rotatable bonds is 7. The lowest BCUT2D eigenvalue weighted by Gasteiger charge is -2.36. The molecule has 11 rings (SSSR count). The van der Waals surface area contributed by atoms with Crippen molar-refractivity contribution >= 4 is 60.6 Å². The van der Waals surface area contributed by atoms with Crippen molar-refractivity contribution in [1.29, 1.82) is 0 Å². The van der Waals surface area contributed by atoms with Crippen molar-refractivity contribution < 1.29 is 0 Å². The summed E-state index contributed by atoms with van der Waals surface area (Å²) >= 11 is 0. The number of imidazole rings is 1. The summed E-state index contributed by atoms with van der Waals surface area (Å²) in [5.41, 5.74) is 15.0. The van der Waals surface area contributed by atoms with E-state index in [0.717, 1.165) is 35.3 Å². The van der Waals surface area contributed by atoms with Crippen molar-refractivity contribution in [3.05, 3.63) is 240 Å². The van der Waals surface area contributed by atoms with E-state index in [9.17, 15) is 0 Å². The molecular weight excluding hydrogens is 773 g/mol. The number of hydrogen-bond donors (Lipinski definition) is 0. The first-order valence-electron chi connectivity index (χ1n) is 23.2. The Morgan fingerprint density at radius 3 is 2.14 bits per heavy atom. The van der Waals surface area contributed by atoms with E-state index >= 15 is 0 Å². The van der Waals surface area contributed by atoms with Gasteiger partial charge in [0.25, 0.3) is 0 Å². The van der Waals surface area contributed by atoms with E-state index in [0.29, 0.717) is 11.8 Å². The van der Waals surface area contributed by atoms with Gasteiger partial charge in [-0.3, -0.25) is 4.57 Å². The SMILES string of the molecule is CC1C=CC(c2nc3ccccc3n2C2=CC=CCC2C)=CC=C1c1ccc2c(C3=CC=C[C@@H](C)C3c3ccccc3)c3ccccc3c(C3=CC=CCC3(C)c3ccccc3)c2c1. The second kappa shape index (κ2) is 16.3. The average Bonchev–Trinajstić information content (AvgIpc) is 3.60. The van der Waals surface area contributed by atoms with E-state index in [1.807, 2.05) is 0 Å². The zero-order valence-electron chi connectivity index (χ0n) is 37.2. The zero-order valence-corrected chi connectivity index (χ0v) is 37.2. The molecule has 1 aromatic heterocycles. The highest BCUT2D eigenvalue weighted by atomic mass is 15.1. The Hall–Kier alpha value is -7.03. The van der Waals surface area contributed by atoms with Crippen molar-refractivity contribution in [2.75, 3.05) is 0 Å². The van der Waals surface area contributed by atoms with Gasteiger partial charge in [0.05, 0.1) is 11.0 Å². The van der Waals surface area contributed by atoms with Crippen molar-refractivity contribution in [2.24, 2.45) is 17.8 Å². The van der Waals surface area contributed by atoms with Crippen LogP contribution in [0, 0.1) is 17.8 Å². The topological polar surface area (TPSA) is 17.8 Å². The lowest BCUT2D eigenvalue weighted by molar-refractivity contribution is 0.622. The van der Waals surface area contributed by atoms with Crippen LogP contribution in [0.15, 0.2) is 206 Å². The van der Waals surface area contributed by atoms with E-state index in [4.69, 9.17) is 4.98 Å². The molecule has 0 fully saturated rings. The Labute approximate surface area is 378 Å². The van der Waals surface area contributed by atoms with Crippen LogP contribution in [0.25, 0.3) is 60.6 Å². The minimum atomic E-state index is -0.223. The number of hydrogen-bond acceptors (Lipinski definition) is 1. The predicted octanol–water partition coefficient (Wildman–Crippen LogP) is 16.1. The van der Waals surface area contributed by atoms with E-state index in [-0.39, 0.29) is 17.3 Å². The van der Waals surface area contributed by atoms with Crippen molar-refractivity contribution in [1.82, 2.24) is 9.55 Å². The van der Waals surface area contributed by atoms with Crippen LogP contribution < -0.4 is 0 Å². The van der Waals surface area contributed by atoms with Gasteiger partial charge in [0, 0.05) is 28.5 Å². The highest BCUT2D eigenvalue weighted by molar-refractivity contribution is 6.18. The Bertz CT molecular complexity index is 3260. The maximum absolute atomic E-state index is 5.30. The molecule has 4 unspecified atom stereocenters. The number of aromatic nitrogens is 2. The summed E-state index contributed by atoms with van der Waals surface area (Å²) in [6, 6.07) is 47.4. The first-order chi connectivity index (χ1) is 31.4. The molecule has 312 valence electrons. The number of benzene rings is 6. The third-order valence-electron chi connectivity index (χ3n) is 14.5. The maximum atomic E-state index is 5.30. The van der Waals surface area contributed by atoms with Crippen molar-refractivity contribution in [2.45, 2.75) is 51.9 Å². The van der Waals surface area contributed by atoms with Crippen LogP contribution in [0.1, 0.15) is 80.1 Å². The van der Waals surface area contributed by atoms with Crippen LogP contribution >= 0.6 is 0 Å². The van der Waals surface area contributed by atoms with Gasteiger partial charge in [0.15, 0.2) is 0 Å². The molecule has 4 aliphatic rings. The second-order valence-corrected chi connectivity index (χ2v) is 18.5. The molecule has 2 heteroatoms. The van der Waals surface area contributed by atoms with E-state index < -0.39 is 0 Å². The van der Waals surface area contributed by atoms with Gasteiger partial charge in [-0.25, -0.2) is 4.98 Å². The van der Waals surface area contributed by atoms with Gasteiger partial charge in [-0.05, 0) is 115 Å². The van der Waals surface area contributed by atoms with E-state index in [1.54, 1.807) is 0 Å². The maximum Gasteiger partial charge on any atom is 0.145 e. The lowest BCUT2D eigenvalue weighted by atomic mass is 9.66. The number of allylic oxidation sites excluding steroid dienone is 18. The summed E-state index contributed by atoms with van der Waals surface area (Å²) in [4.78, 5) is 5.30. The largest absolute Gasteiger partial charge is 0.296 e. The molecule has 0 amide bonds. The smallest absolute Gasteiger partial charge is 0.145 e. The fourth-order valence-electron chi connectivity index (χ4n) is 11.1. The highest BCUT2D eigenvalue weighted by Crippen LogP contribution is 2.52. The monoisotopic (exact) mass is 826 g/mol. The molecule has 4 aliphatic carbocycles. The van der Waals surface area contributed by atoms with Gasteiger partial charge in [0.1, 0.15) is 5.82 Å². The molecule has 6 aromatic carbocycles. The first kappa shape index (κ1) is 39.8. The Kier molecular flexibility index (Phi) is 10.1. The lowest BCUT2D eigenvalue weighted by Crippen LogP contribution is -2.25. The number of nitrogens with zero attached hydrogens (tertiary/aromatic N) is 2. The van der Waals surface area contributed by atoms with Gasteiger partial charge in [-0.2, -0.15) is 0 Å². The van der Waals surface area contributed by atoms with Crippen LogP contribution in [0.2, 0.25) is 0 Å². The van der Waals surface area contributed by atoms with Gasteiger partial charge < -0.3 is 0 Å².